The monoisotopic (exact) mass is 393 g/mol. The Labute approximate surface area is 163 Å². The van der Waals surface area contributed by atoms with Gasteiger partial charge in [-0.3, -0.25) is 10.1 Å². The summed E-state index contributed by atoms with van der Waals surface area (Å²) in [5, 5.41) is 10.7. The van der Waals surface area contributed by atoms with E-state index in [1.54, 1.807) is 42.5 Å². The van der Waals surface area contributed by atoms with Crippen LogP contribution in [0.4, 0.5) is 6.01 Å². The first-order chi connectivity index (χ1) is 14.1. The number of benzene rings is 2. The third-order valence-electron chi connectivity index (χ3n) is 4.16. The summed E-state index contributed by atoms with van der Waals surface area (Å²) in [4.78, 5) is 24.6. The Balaban J connectivity index is 1.59. The van der Waals surface area contributed by atoms with E-state index >= 15 is 0 Å². The molecular weight excluding hydrogens is 378 g/mol. The van der Waals surface area contributed by atoms with E-state index in [1.165, 1.54) is 20.3 Å². The quantitative estimate of drug-likeness (QED) is 0.514. The Morgan fingerprint density at radius 1 is 0.966 bits per heavy atom. The van der Waals surface area contributed by atoms with Crippen molar-refractivity contribution in [2.24, 2.45) is 0 Å². The number of rotatable bonds is 5. The molecule has 0 saturated heterocycles. The Morgan fingerprint density at radius 2 is 1.76 bits per heavy atom. The number of nitrogens with one attached hydrogen (secondary N) is 1. The van der Waals surface area contributed by atoms with Crippen molar-refractivity contribution in [2.75, 3.05) is 19.5 Å². The van der Waals surface area contributed by atoms with Crippen molar-refractivity contribution >= 4 is 22.9 Å². The van der Waals surface area contributed by atoms with Crippen LogP contribution in [0, 0.1) is 0 Å². The molecule has 0 aliphatic carbocycles. The lowest BCUT2D eigenvalue weighted by atomic mass is 10.2. The SMILES string of the molecule is COc1ccc(-c2nnc(NC(=O)c3cc4ccccc4oc3=O)o2)cc1OC. The Kier molecular flexibility index (Phi) is 4.70. The molecule has 0 atom stereocenters. The Bertz CT molecular complexity index is 1260. The fraction of sp³-hybridized carbons (Fsp3) is 0.100. The second kappa shape index (κ2) is 7.47. The van der Waals surface area contributed by atoms with Crippen LogP contribution in [-0.4, -0.2) is 30.3 Å². The number of carbonyl (C=O) groups is 1. The highest BCUT2D eigenvalue weighted by Crippen LogP contribution is 2.32. The summed E-state index contributed by atoms with van der Waals surface area (Å²) in [6.45, 7) is 0. The van der Waals surface area contributed by atoms with Gasteiger partial charge >= 0.3 is 11.6 Å². The molecule has 1 amide bonds. The Hall–Kier alpha value is -4.14. The van der Waals surface area contributed by atoms with E-state index in [-0.39, 0.29) is 17.5 Å². The molecule has 0 fully saturated rings. The number of aromatic nitrogens is 2. The van der Waals surface area contributed by atoms with E-state index in [0.717, 1.165) is 0 Å². The second-order valence-electron chi connectivity index (χ2n) is 5.92. The predicted octanol–water partition coefficient (Wildman–Crippen LogP) is 3.11. The third-order valence-corrected chi connectivity index (χ3v) is 4.16. The molecule has 0 unspecified atom stereocenters. The zero-order chi connectivity index (χ0) is 20.4. The van der Waals surface area contributed by atoms with Gasteiger partial charge in [0.05, 0.1) is 14.2 Å². The van der Waals surface area contributed by atoms with Crippen LogP contribution in [0.3, 0.4) is 0 Å². The first-order valence-electron chi connectivity index (χ1n) is 8.49. The molecule has 4 rings (SSSR count). The predicted molar refractivity (Wildman–Crippen MR) is 103 cm³/mol. The van der Waals surface area contributed by atoms with Gasteiger partial charge in [0, 0.05) is 10.9 Å². The largest absolute Gasteiger partial charge is 0.493 e. The molecule has 2 aromatic heterocycles. The van der Waals surface area contributed by atoms with Crippen molar-refractivity contribution in [1.82, 2.24) is 10.2 Å². The van der Waals surface area contributed by atoms with Gasteiger partial charge < -0.3 is 18.3 Å². The fourth-order valence-electron chi connectivity index (χ4n) is 2.74. The zero-order valence-corrected chi connectivity index (χ0v) is 15.5. The lowest BCUT2D eigenvalue weighted by molar-refractivity contribution is 0.102. The van der Waals surface area contributed by atoms with Crippen LogP contribution < -0.4 is 20.4 Å². The van der Waals surface area contributed by atoms with Gasteiger partial charge in [0.2, 0.25) is 5.89 Å². The van der Waals surface area contributed by atoms with Crippen molar-refractivity contribution in [3.05, 3.63) is 64.5 Å². The number of nitrogens with zero attached hydrogens (tertiary/aromatic N) is 2. The fourth-order valence-corrected chi connectivity index (χ4v) is 2.74. The van der Waals surface area contributed by atoms with Crippen LogP contribution in [0.1, 0.15) is 10.4 Å². The highest BCUT2D eigenvalue weighted by Gasteiger charge is 2.18. The maximum Gasteiger partial charge on any atom is 0.349 e. The highest BCUT2D eigenvalue weighted by molar-refractivity contribution is 6.04. The summed E-state index contributed by atoms with van der Waals surface area (Å²) in [5.41, 5.74) is 0.0267. The summed E-state index contributed by atoms with van der Waals surface area (Å²) in [5.74, 6) is 0.480. The number of carbonyl (C=O) groups excluding carboxylic acids is 1. The van der Waals surface area contributed by atoms with Gasteiger partial charge in [-0.05, 0) is 30.3 Å². The molecule has 0 radical (unpaired) electrons. The number of amides is 1. The first kappa shape index (κ1) is 18.2. The van der Waals surface area contributed by atoms with Gasteiger partial charge in [0.1, 0.15) is 11.1 Å². The zero-order valence-electron chi connectivity index (χ0n) is 15.5. The van der Waals surface area contributed by atoms with Gasteiger partial charge in [-0.1, -0.05) is 23.3 Å². The molecule has 0 bridgehead atoms. The molecule has 0 aliphatic heterocycles. The maximum absolute atomic E-state index is 12.5. The standard InChI is InChI=1S/C20H15N3O6/c1-26-15-8-7-12(10-16(15)27-2)18-22-23-20(29-18)21-17(24)13-9-11-5-3-4-6-14(11)28-19(13)25/h3-10H,1-2H3,(H,21,23,24). The molecule has 1 N–H and O–H groups in total. The van der Waals surface area contributed by atoms with Crippen molar-refractivity contribution in [1.29, 1.82) is 0 Å². The number of anilines is 1. The van der Waals surface area contributed by atoms with Gasteiger partial charge in [0.15, 0.2) is 11.5 Å². The van der Waals surface area contributed by atoms with E-state index in [4.69, 9.17) is 18.3 Å². The van der Waals surface area contributed by atoms with Gasteiger partial charge in [-0.15, -0.1) is 5.10 Å². The first-order valence-corrected chi connectivity index (χ1v) is 8.49. The van der Waals surface area contributed by atoms with Crippen molar-refractivity contribution < 1.29 is 23.1 Å². The molecule has 0 aliphatic rings. The van der Waals surface area contributed by atoms with Crippen LogP contribution >= 0.6 is 0 Å². The van der Waals surface area contributed by atoms with Crippen LogP contribution in [0.25, 0.3) is 22.4 Å². The normalized spacial score (nSPS) is 10.7. The molecule has 146 valence electrons. The van der Waals surface area contributed by atoms with Crippen LogP contribution in [0.15, 0.2) is 62.2 Å². The summed E-state index contributed by atoms with van der Waals surface area (Å²) < 4.78 is 21.1. The summed E-state index contributed by atoms with van der Waals surface area (Å²) in [6, 6.07) is 13.2. The molecule has 2 aromatic carbocycles. The van der Waals surface area contributed by atoms with E-state index in [1.807, 2.05) is 0 Å². The minimum Gasteiger partial charge on any atom is -0.493 e. The minimum absolute atomic E-state index is 0.159. The molecule has 9 nitrogen and oxygen atoms in total. The van der Waals surface area contributed by atoms with E-state index in [9.17, 15) is 9.59 Å². The van der Waals surface area contributed by atoms with Gasteiger partial charge in [-0.25, -0.2) is 4.79 Å². The number of hydrogen-bond acceptors (Lipinski definition) is 8. The third kappa shape index (κ3) is 3.53. The average Bonchev–Trinajstić information content (AvgIpc) is 3.21. The number of para-hydroxylation sites is 1. The highest BCUT2D eigenvalue weighted by atomic mass is 16.5. The topological polar surface area (TPSA) is 117 Å². The molecule has 4 aromatic rings. The lowest BCUT2D eigenvalue weighted by Crippen LogP contribution is -2.20. The number of methoxy groups -OCH3 is 2. The number of fused-ring (bicyclic) bond motifs is 1. The van der Waals surface area contributed by atoms with Gasteiger partial charge in [0.25, 0.3) is 5.91 Å². The van der Waals surface area contributed by atoms with Gasteiger partial charge in [-0.2, -0.15) is 0 Å². The van der Waals surface area contributed by atoms with Crippen molar-refractivity contribution in [2.45, 2.75) is 0 Å². The summed E-state index contributed by atoms with van der Waals surface area (Å²) in [6.07, 6.45) is 0. The summed E-state index contributed by atoms with van der Waals surface area (Å²) >= 11 is 0. The minimum atomic E-state index is -0.763. The van der Waals surface area contributed by atoms with E-state index in [2.05, 4.69) is 15.5 Å². The van der Waals surface area contributed by atoms with E-state index < -0.39 is 11.5 Å². The number of ether oxygens (including phenoxy) is 2. The molecule has 9 heteroatoms. The maximum atomic E-state index is 12.5. The molecule has 29 heavy (non-hydrogen) atoms. The average molecular weight is 393 g/mol. The molecule has 2 heterocycles. The molecule has 0 saturated carbocycles. The smallest absolute Gasteiger partial charge is 0.349 e. The van der Waals surface area contributed by atoms with Crippen LogP contribution in [0.2, 0.25) is 0 Å². The van der Waals surface area contributed by atoms with Crippen molar-refractivity contribution in [3.63, 3.8) is 0 Å². The lowest BCUT2D eigenvalue weighted by Gasteiger charge is -2.07. The number of hydrogen-bond donors (Lipinski definition) is 1. The van der Waals surface area contributed by atoms with E-state index in [0.29, 0.717) is 28.0 Å². The molecular formula is C20H15N3O6. The van der Waals surface area contributed by atoms with Crippen molar-refractivity contribution in [3.8, 4) is 23.0 Å². The van der Waals surface area contributed by atoms with Crippen LogP contribution in [-0.2, 0) is 0 Å². The van der Waals surface area contributed by atoms with Crippen LogP contribution in [0.5, 0.6) is 11.5 Å². The summed E-state index contributed by atoms with van der Waals surface area (Å²) in [7, 11) is 3.04. The second-order valence-corrected chi connectivity index (χ2v) is 5.92. The Morgan fingerprint density at radius 3 is 2.55 bits per heavy atom. The molecule has 0 spiro atoms.